The summed E-state index contributed by atoms with van der Waals surface area (Å²) in [6.45, 7) is 0. The molecule has 1 fully saturated rings. The molecule has 1 saturated carbocycles. The number of H-pyrrole nitrogens is 1. The summed E-state index contributed by atoms with van der Waals surface area (Å²) in [5.41, 5.74) is -0.463. The molecule has 1 amide bonds. The van der Waals surface area contributed by atoms with Gasteiger partial charge in [-0.15, -0.1) is 5.10 Å². The van der Waals surface area contributed by atoms with E-state index in [0.717, 1.165) is 24.4 Å². The van der Waals surface area contributed by atoms with E-state index < -0.39 is 34.8 Å². The number of pyridine rings is 1. The molecule has 2 aromatic heterocycles. The van der Waals surface area contributed by atoms with Gasteiger partial charge in [-0.25, -0.2) is 13.9 Å². The SMILES string of the molecule is O=C(Nc1ccc(-c2ccc(C(F)(F)F)nc2)c(-c2nnn[nH]2)c1)C1(c2ccc(F)cc2F)CC1. The number of nitrogens with zero attached hydrogens (tertiary/aromatic N) is 4. The van der Waals surface area contributed by atoms with Crippen molar-refractivity contribution in [1.29, 1.82) is 0 Å². The van der Waals surface area contributed by atoms with E-state index in [1.54, 1.807) is 18.2 Å². The van der Waals surface area contributed by atoms with Crippen LogP contribution in [0, 0.1) is 11.6 Å². The van der Waals surface area contributed by atoms with Crippen molar-refractivity contribution in [1.82, 2.24) is 25.6 Å². The lowest BCUT2D eigenvalue weighted by molar-refractivity contribution is -0.141. The molecule has 12 heteroatoms. The van der Waals surface area contributed by atoms with Gasteiger partial charge in [0.15, 0.2) is 5.82 Å². The fourth-order valence-electron chi connectivity index (χ4n) is 3.94. The number of tetrazole rings is 1. The van der Waals surface area contributed by atoms with Crippen molar-refractivity contribution in [3.05, 3.63) is 77.6 Å². The van der Waals surface area contributed by atoms with Crippen molar-refractivity contribution >= 4 is 11.6 Å². The highest BCUT2D eigenvalue weighted by Gasteiger charge is 2.52. The largest absolute Gasteiger partial charge is 0.433 e. The van der Waals surface area contributed by atoms with Gasteiger partial charge in [-0.3, -0.25) is 9.78 Å². The zero-order valence-electron chi connectivity index (χ0n) is 17.7. The molecule has 2 heterocycles. The summed E-state index contributed by atoms with van der Waals surface area (Å²) in [4.78, 5) is 16.6. The number of anilines is 1. The number of carbonyl (C=O) groups excluding carboxylic acids is 1. The van der Waals surface area contributed by atoms with Crippen molar-refractivity contribution < 1.29 is 26.7 Å². The number of hydrogen-bond acceptors (Lipinski definition) is 5. The molecule has 0 spiro atoms. The first-order valence-electron chi connectivity index (χ1n) is 10.4. The molecule has 2 N–H and O–H groups in total. The van der Waals surface area contributed by atoms with Gasteiger partial charge in [0, 0.05) is 34.6 Å². The van der Waals surface area contributed by atoms with E-state index in [4.69, 9.17) is 0 Å². The molecule has 4 aromatic rings. The molecule has 7 nitrogen and oxygen atoms in total. The highest BCUT2D eigenvalue weighted by Crippen LogP contribution is 2.50. The highest BCUT2D eigenvalue weighted by atomic mass is 19.4. The maximum atomic E-state index is 14.4. The van der Waals surface area contributed by atoms with E-state index >= 15 is 0 Å². The number of alkyl halides is 3. The summed E-state index contributed by atoms with van der Waals surface area (Å²) in [5, 5.41) is 16.3. The Morgan fingerprint density at radius 2 is 1.80 bits per heavy atom. The summed E-state index contributed by atoms with van der Waals surface area (Å²) in [6.07, 6.45) is -2.70. The van der Waals surface area contributed by atoms with Gasteiger partial charge in [-0.2, -0.15) is 13.2 Å². The van der Waals surface area contributed by atoms with E-state index in [-0.39, 0.29) is 11.4 Å². The molecular weight excluding hydrogens is 471 g/mol. The number of nitrogens with one attached hydrogen (secondary N) is 2. The van der Waals surface area contributed by atoms with Crippen LogP contribution in [0.2, 0.25) is 0 Å². The number of benzene rings is 2. The minimum atomic E-state index is -4.58. The van der Waals surface area contributed by atoms with Crippen LogP contribution in [0.5, 0.6) is 0 Å². The lowest BCUT2D eigenvalue weighted by Crippen LogP contribution is -2.28. The second-order valence-corrected chi connectivity index (χ2v) is 8.10. The second kappa shape index (κ2) is 8.22. The van der Waals surface area contributed by atoms with Crippen molar-refractivity contribution in [3.8, 4) is 22.5 Å². The van der Waals surface area contributed by atoms with Crippen LogP contribution < -0.4 is 5.32 Å². The first-order chi connectivity index (χ1) is 16.7. The van der Waals surface area contributed by atoms with Crippen LogP contribution in [-0.4, -0.2) is 31.5 Å². The van der Waals surface area contributed by atoms with Crippen LogP contribution in [0.1, 0.15) is 24.1 Å². The molecule has 35 heavy (non-hydrogen) atoms. The Morgan fingerprint density at radius 1 is 1.00 bits per heavy atom. The quantitative estimate of drug-likeness (QED) is 0.392. The topological polar surface area (TPSA) is 96.5 Å². The van der Waals surface area contributed by atoms with Crippen LogP contribution in [0.15, 0.2) is 54.7 Å². The Hall–Kier alpha value is -4.22. The molecule has 2 aromatic carbocycles. The highest BCUT2D eigenvalue weighted by molar-refractivity contribution is 6.02. The molecule has 0 bridgehead atoms. The van der Waals surface area contributed by atoms with Crippen LogP contribution in [0.25, 0.3) is 22.5 Å². The normalized spacial score (nSPS) is 14.5. The maximum Gasteiger partial charge on any atom is 0.433 e. The van der Waals surface area contributed by atoms with Crippen molar-refractivity contribution in [2.75, 3.05) is 5.32 Å². The van der Waals surface area contributed by atoms with Crippen LogP contribution in [0.3, 0.4) is 0 Å². The number of aromatic nitrogens is 5. The van der Waals surface area contributed by atoms with Crippen LogP contribution in [0.4, 0.5) is 27.6 Å². The van der Waals surface area contributed by atoms with Gasteiger partial charge >= 0.3 is 6.18 Å². The van der Waals surface area contributed by atoms with Gasteiger partial charge in [0.05, 0.1) is 5.41 Å². The zero-order chi connectivity index (χ0) is 24.8. The third kappa shape index (κ3) is 4.22. The Bertz CT molecular complexity index is 1400. The Morgan fingerprint density at radius 3 is 2.40 bits per heavy atom. The smallest absolute Gasteiger partial charge is 0.325 e. The van der Waals surface area contributed by atoms with Crippen LogP contribution in [-0.2, 0) is 16.4 Å². The molecule has 5 rings (SSSR count). The number of carbonyl (C=O) groups is 1. The Labute approximate surface area is 194 Å². The second-order valence-electron chi connectivity index (χ2n) is 8.10. The standard InChI is InChI=1S/C23H15F5N6O/c24-13-2-5-17(18(25)9-13)22(7-8-22)21(35)30-14-3-4-15(16(10-14)20-31-33-34-32-20)12-1-6-19(29-11-12)23(26,27)28/h1-6,9-11H,7-8H2,(H,30,35)(H,31,32,33,34). The molecule has 0 saturated heterocycles. The summed E-state index contributed by atoms with van der Waals surface area (Å²) >= 11 is 0. The zero-order valence-corrected chi connectivity index (χ0v) is 17.7. The number of aromatic amines is 1. The molecule has 0 radical (unpaired) electrons. The minimum absolute atomic E-state index is 0.114. The first-order valence-corrected chi connectivity index (χ1v) is 10.4. The van der Waals surface area contributed by atoms with E-state index in [2.05, 4.69) is 30.9 Å². The molecule has 0 unspecified atom stereocenters. The molecule has 0 atom stereocenters. The Balaban J connectivity index is 1.48. The number of hydrogen-bond donors (Lipinski definition) is 2. The van der Waals surface area contributed by atoms with E-state index in [1.165, 1.54) is 12.1 Å². The van der Waals surface area contributed by atoms with Gasteiger partial charge in [-0.05, 0) is 53.1 Å². The third-order valence-corrected chi connectivity index (χ3v) is 5.87. The summed E-state index contributed by atoms with van der Waals surface area (Å²) in [6, 6.07) is 9.92. The Kier molecular flexibility index (Phi) is 5.30. The van der Waals surface area contributed by atoms with Gasteiger partial charge in [0.2, 0.25) is 5.91 Å². The number of amides is 1. The maximum absolute atomic E-state index is 14.4. The lowest BCUT2D eigenvalue weighted by Gasteiger charge is -2.18. The van der Waals surface area contributed by atoms with Crippen molar-refractivity contribution in [2.24, 2.45) is 0 Å². The fraction of sp³-hybridized carbons (Fsp3) is 0.174. The predicted octanol–water partition coefficient (Wildman–Crippen LogP) is 4.90. The molecular formula is C23H15F5N6O. The van der Waals surface area contributed by atoms with Gasteiger partial charge in [0.1, 0.15) is 17.3 Å². The summed E-state index contributed by atoms with van der Waals surface area (Å²) < 4.78 is 66.4. The summed E-state index contributed by atoms with van der Waals surface area (Å²) in [5.74, 6) is -1.78. The molecule has 1 aliphatic carbocycles. The lowest BCUT2D eigenvalue weighted by atomic mass is 9.94. The van der Waals surface area contributed by atoms with E-state index in [0.29, 0.717) is 35.2 Å². The average Bonchev–Trinajstić information content (AvgIpc) is 3.43. The number of rotatable bonds is 5. The molecule has 178 valence electrons. The van der Waals surface area contributed by atoms with Crippen molar-refractivity contribution in [2.45, 2.75) is 24.4 Å². The summed E-state index contributed by atoms with van der Waals surface area (Å²) in [7, 11) is 0. The van der Waals surface area contributed by atoms with Gasteiger partial charge in [-0.1, -0.05) is 18.2 Å². The van der Waals surface area contributed by atoms with Crippen LogP contribution >= 0.6 is 0 Å². The van der Waals surface area contributed by atoms with E-state index in [1.807, 2.05) is 0 Å². The van der Waals surface area contributed by atoms with Gasteiger partial charge in [0.25, 0.3) is 0 Å². The molecule has 1 aliphatic rings. The monoisotopic (exact) mass is 486 g/mol. The predicted molar refractivity (Wildman–Crippen MR) is 114 cm³/mol. The van der Waals surface area contributed by atoms with Crippen molar-refractivity contribution in [3.63, 3.8) is 0 Å². The van der Waals surface area contributed by atoms with Gasteiger partial charge < -0.3 is 5.32 Å². The average molecular weight is 486 g/mol. The fourth-order valence-corrected chi connectivity index (χ4v) is 3.94. The minimum Gasteiger partial charge on any atom is -0.325 e. The third-order valence-electron chi connectivity index (χ3n) is 5.87. The first kappa shape index (κ1) is 22.6. The van der Waals surface area contributed by atoms with E-state index in [9.17, 15) is 26.7 Å². The number of halogens is 5. The molecule has 0 aliphatic heterocycles.